The summed E-state index contributed by atoms with van der Waals surface area (Å²) in [5, 5.41) is 14.3. The molecule has 16 heavy (non-hydrogen) atoms. The number of aliphatic hydroxyl groups is 1. The summed E-state index contributed by atoms with van der Waals surface area (Å²) in [6.45, 7) is 0.223. The standard InChI is InChI=1S/C11H19N3OS/c1-12-11(8-15)4-3-9(7-11)16-10-13-5-6-14(10)2/h5-6,9,12,15H,3-4,7-8H2,1-2H3. The molecular weight excluding hydrogens is 222 g/mol. The highest BCUT2D eigenvalue weighted by molar-refractivity contribution is 7.99. The number of rotatable bonds is 4. The zero-order chi connectivity index (χ0) is 11.6. The number of likely N-dealkylation sites (N-methyl/N-ethyl adjacent to an activating group) is 1. The largest absolute Gasteiger partial charge is 0.394 e. The van der Waals surface area contributed by atoms with Crippen LogP contribution in [-0.2, 0) is 7.05 Å². The lowest BCUT2D eigenvalue weighted by molar-refractivity contribution is 0.173. The Kier molecular flexibility index (Phi) is 3.56. The van der Waals surface area contributed by atoms with Crippen LogP contribution in [0.2, 0.25) is 0 Å². The van der Waals surface area contributed by atoms with E-state index in [0.717, 1.165) is 24.4 Å². The lowest BCUT2D eigenvalue weighted by Gasteiger charge is -2.26. The average Bonchev–Trinajstić information content (AvgIpc) is 2.88. The van der Waals surface area contributed by atoms with Gasteiger partial charge in [-0.2, -0.15) is 0 Å². The number of nitrogens with zero attached hydrogens (tertiary/aromatic N) is 2. The van der Waals surface area contributed by atoms with Crippen molar-refractivity contribution in [2.24, 2.45) is 7.05 Å². The van der Waals surface area contributed by atoms with Crippen molar-refractivity contribution < 1.29 is 5.11 Å². The first-order valence-corrected chi connectivity index (χ1v) is 6.51. The third-order valence-corrected chi connectivity index (χ3v) is 4.79. The maximum atomic E-state index is 9.42. The van der Waals surface area contributed by atoms with Crippen molar-refractivity contribution in [1.29, 1.82) is 0 Å². The van der Waals surface area contributed by atoms with Crippen LogP contribution in [0.5, 0.6) is 0 Å². The summed E-state index contributed by atoms with van der Waals surface area (Å²) in [4.78, 5) is 4.32. The van der Waals surface area contributed by atoms with Gasteiger partial charge in [-0.1, -0.05) is 11.8 Å². The van der Waals surface area contributed by atoms with Gasteiger partial charge in [-0.25, -0.2) is 4.98 Å². The predicted octanol–water partition coefficient (Wildman–Crippen LogP) is 1.02. The fourth-order valence-corrected chi connectivity index (χ4v) is 3.53. The van der Waals surface area contributed by atoms with Gasteiger partial charge < -0.3 is 15.0 Å². The van der Waals surface area contributed by atoms with Crippen LogP contribution in [0.3, 0.4) is 0 Å². The van der Waals surface area contributed by atoms with Crippen LogP contribution >= 0.6 is 11.8 Å². The summed E-state index contributed by atoms with van der Waals surface area (Å²) in [5.74, 6) is 0. The molecule has 0 bridgehead atoms. The van der Waals surface area contributed by atoms with Crippen LogP contribution in [0.1, 0.15) is 19.3 Å². The second kappa shape index (κ2) is 4.77. The third-order valence-electron chi connectivity index (χ3n) is 3.45. The van der Waals surface area contributed by atoms with Crippen molar-refractivity contribution in [3.8, 4) is 0 Å². The number of aromatic nitrogens is 2. The van der Waals surface area contributed by atoms with Gasteiger partial charge in [-0.3, -0.25) is 0 Å². The van der Waals surface area contributed by atoms with Gasteiger partial charge in [0.15, 0.2) is 5.16 Å². The van der Waals surface area contributed by atoms with Gasteiger partial charge >= 0.3 is 0 Å². The molecule has 90 valence electrons. The Bertz CT molecular complexity index is 349. The highest BCUT2D eigenvalue weighted by atomic mass is 32.2. The maximum absolute atomic E-state index is 9.42. The van der Waals surface area contributed by atoms with E-state index >= 15 is 0 Å². The number of aliphatic hydroxyl groups excluding tert-OH is 1. The Balaban J connectivity index is 1.97. The Hall–Kier alpha value is -0.520. The van der Waals surface area contributed by atoms with Gasteiger partial charge in [0.1, 0.15) is 0 Å². The quantitative estimate of drug-likeness (QED) is 0.826. The van der Waals surface area contributed by atoms with Crippen LogP contribution in [0.4, 0.5) is 0 Å². The molecule has 2 atom stereocenters. The van der Waals surface area contributed by atoms with Gasteiger partial charge in [-0.15, -0.1) is 0 Å². The van der Waals surface area contributed by atoms with Crippen molar-refractivity contribution in [2.75, 3.05) is 13.7 Å². The number of nitrogens with one attached hydrogen (secondary N) is 1. The topological polar surface area (TPSA) is 50.1 Å². The van der Waals surface area contributed by atoms with Crippen LogP contribution in [0.15, 0.2) is 17.6 Å². The second-order valence-electron chi connectivity index (χ2n) is 4.49. The van der Waals surface area contributed by atoms with E-state index in [1.54, 1.807) is 0 Å². The summed E-state index contributed by atoms with van der Waals surface area (Å²) in [6.07, 6.45) is 6.99. The average molecular weight is 241 g/mol. The molecule has 1 heterocycles. The molecule has 2 rings (SSSR count). The molecule has 1 aliphatic carbocycles. The SMILES string of the molecule is CNC1(CO)CCC(Sc2nccn2C)C1. The first kappa shape index (κ1) is 12.0. The van der Waals surface area contributed by atoms with E-state index in [1.807, 2.05) is 42.8 Å². The van der Waals surface area contributed by atoms with E-state index < -0.39 is 0 Å². The van der Waals surface area contributed by atoms with Crippen molar-refractivity contribution in [3.63, 3.8) is 0 Å². The van der Waals surface area contributed by atoms with Gasteiger partial charge in [-0.05, 0) is 26.3 Å². The normalized spacial score (nSPS) is 29.8. The van der Waals surface area contributed by atoms with Crippen molar-refractivity contribution >= 4 is 11.8 Å². The minimum absolute atomic E-state index is 0.0666. The summed E-state index contributed by atoms with van der Waals surface area (Å²) < 4.78 is 2.04. The third kappa shape index (κ3) is 2.26. The van der Waals surface area contributed by atoms with E-state index in [9.17, 15) is 5.11 Å². The second-order valence-corrected chi connectivity index (χ2v) is 5.76. The summed E-state index contributed by atoms with van der Waals surface area (Å²) >= 11 is 1.82. The molecule has 1 aromatic heterocycles. The van der Waals surface area contributed by atoms with Gasteiger partial charge in [0, 0.05) is 30.2 Å². The monoisotopic (exact) mass is 241 g/mol. The number of thioether (sulfide) groups is 1. The predicted molar refractivity (Wildman–Crippen MR) is 65.6 cm³/mol. The summed E-state index contributed by atoms with van der Waals surface area (Å²) in [6, 6.07) is 0. The number of imidazole rings is 1. The van der Waals surface area contributed by atoms with Crippen molar-refractivity contribution in [1.82, 2.24) is 14.9 Å². The molecule has 0 aliphatic heterocycles. The molecule has 1 aromatic rings. The molecule has 2 unspecified atom stereocenters. The number of hydrogen-bond donors (Lipinski definition) is 2. The maximum Gasteiger partial charge on any atom is 0.167 e. The fraction of sp³-hybridized carbons (Fsp3) is 0.727. The first-order valence-electron chi connectivity index (χ1n) is 5.63. The smallest absolute Gasteiger partial charge is 0.167 e. The zero-order valence-corrected chi connectivity index (χ0v) is 10.6. The van der Waals surface area contributed by atoms with E-state index in [2.05, 4.69) is 10.3 Å². The molecule has 0 spiro atoms. The van der Waals surface area contributed by atoms with Crippen molar-refractivity contribution in [2.45, 2.75) is 35.2 Å². The van der Waals surface area contributed by atoms with Gasteiger partial charge in [0.2, 0.25) is 0 Å². The molecule has 5 heteroatoms. The van der Waals surface area contributed by atoms with Crippen LogP contribution in [-0.4, -0.2) is 39.1 Å². The first-order chi connectivity index (χ1) is 7.69. The number of hydrogen-bond acceptors (Lipinski definition) is 4. The Morgan fingerprint density at radius 2 is 2.56 bits per heavy atom. The minimum atomic E-state index is -0.0666. The molecule has 0 amide bonds. The zero-order valence-electron chi connectivity index (χ0n) is 9.81. The molecule has 4 nitrogen and oxygen atoms in total. The highest BCUT2D eigenvalue weighted by Gasteiger charge is 2.38. The van der Waals surface area contributed by atoms with Gasteiger partial charge in [0.25, 0.3) is 0 Å². The molecule has 0 radical (unpaired) electrons. The van der Waals surface area contributed by atoms with Crippen molar-refractivity contribution in [3.05, 3.63) is 12.4 Å². The Morgan fingerprint density at radius 1 is 1.75 bits per heavy atom. The van der Waals surface area contributed by atoms with Crippen LogP contribution in [0, 0.1) is 0 Å². The van der Waals surface area contributed by atoms with Crippen LogP contribution in [0.25, 0.3) is 0 Å². The lowest BCUT2D eigenvalue weighted by atomic mass is 10.00. The lowest BCUT2D eigenvalue weighted by Crippen LogP contribution is -2.44. The Labute approximate surface area is 100 Å². The fourth-order valence-electron chi connectivity index (χ4n) is 2.24. The van der Waals surface area contributed by atoms with Crippen LogP contribution < -0.4 is 5.32 Å². The van der Waals surface area contributed by atoms with E-state index in [1.165, 1.54) is 0 Å². The molecule has 0 saturated heterocycles. The molecule has 1 saturated carbocycles. The van der Waals surface area contributed by atoms with E-state index in [-0.39, 0.29) is 12.1 Å². The van der Waals surface area contributed by atoms with E-state index in [0.29, 0.717) is 5.25 Å². The summed E-state index contributed by atoms with van der Waals surface area (Å²) in [7, 11) is 3.95. The molecule has 1 aliphatic rings. The number of aryl methyl sites for hydroxylation is 1. The van der Waals surface area contributed by atoms with E-state index in [4.69, 9.17) is 0 Å². The Morgan fingerprint density at radius 3 is 3.06 bits per heavy atom. The molecule has 1 fully saturated rings. The molecule has 2 N–H and O–H groups in total. The minimum Gasteiger partial charge on any atom is -0.394 e. The van der Waals surface area contributed by atoms with Gasteiger partial charge in [0.05, 0.1) is 6.61 Å². The highest BCUT2D eigenvalue weighted by Crippen LogP contribution is 2.39. The summed E-state index contributed by atoms with van der Waals surface area (Å²) in [5.41, 5.74) is -0.0666. The molecule has 0 aromatic carbocycles. The molecular formula is C11H19N3OS.